The molecule has 0 saturated heterocycles. The summed E-state index contributed by atoms with van der Waals surface area (Å²) in [5, 5.41) is 25.0. The number of carbonyl (C=O) groups excluding carboxylic acids is 1. The Morgan fingerprint density at radius 1 is 0.575 bits per heavy atom. The third-order valence-corrected chi connectivity index (χ3v) is 9.78. The summed E-state index contributed by atoms with van der Waals surface area (Å²) in [7, 11) is 8.94. The fraction of sp³-hybridized carbons (Fsp3) is 0.174. The molecule has 0 aliphatic heterocycles. The van der Waals surface area contributed by atoms with Crippen molar-refractivity contribution in [3.8, 4) is 56.9 Å². The first-order valence-electron chi connectivity index (χ1n) is 20.8. The third-order valence-electron chi connectivity index (χ3n) is 9.78. The van der Waals surface area contributed by atoms with Crippen LogP contribution in [0.2, 0.25) is 0 Å². The van der Waals surface area contributed by atoms with E-state index in [-0.39, 0.29) is 51.7 Å². The summed E-state index contributed by atoms with van der Waals surface area (Å²) in [6.07, 6.45) is 0.981. The number of nitrogens with one attached hydrogen (secondary N) is 3. The number of halogens is 6. The van der Waals surface area contributed by atoms with Crippen molar-refractivity contribution in [1.29, 1.82) is 0 Å². The molecular formula is C46H42F6N14O7. The lowest BCUT2D eigenvalue weighted by Gasteiger charge is -2.13. The summed E-state index contributed by atoms with van der Waals surface area (Å²) in [6.45, 7) is 0. The van der Waals surface area contributed by atoms with Crippen LogP contribution in [0.1, 0.15) is 32.1 Å². The van der Waals surface area contributed by atoms with E-state index in [4.69, 9.17) is 18.9 Å². The van der Waals surface area contributed by atoms with E-state index in [0.717, 1.165) is 40.1 Å². The van der Waals surface area contributed by atoms with E-state index in [1.807, 2.05) is 0 Å². The summed E-state index contributed by atoms with van der Waals surface area (Å²) >= 11 is 0. The van der Waals surface area contributed by atoms with Gasteiger partial charge >= 0.3 is 18.3 Å². The van der Waals surface area contributed by atoms with Crippen LogP contribution in [0.15, 0.2) is 110 Å². The van der Waals surface area contributed by atoms with Gasteiger partial charge in [-0.3, -0.25) is 14.8 Å². The molecule has 0 fully saturated rings. The largest absolute Gasteiger partial charge is 0.497 e. The molecule has 0 bridgehead atoms. The van der Waals surface area contributed by atoms with Crippen molar-refractivity contribution < 1.29 is 60.0 Å². The average Bonchev–Trinajstić information content (AvgIpc) is 4.12. The maximum atomic E-state index is 13.2. The topological polar surface area (TPSA) is 266 Å². The molecule has 0 atom stereocenters. The van der Waals surface area contributed by atoms with Gasteiger partial charge in [-0.1, -0.05) is 0 Å². The normalized spacial score (nSPS) is 11.0. The van der Waals surface area contributed by atoms with E-state index in [2.05, 4.69) is 61.8 Å². The Bertz CT molecular complexity index is 3180. The number of ether oxygens (including phenoxy) is 4. The highest BCUT2D eigenvalue weighted by atomic mass is 19.4. The average molecular weight is 1020 g/mol. The Morgan fingerprint density at radius 2 is 0.959 bits per heavy atom. The molecular weight excluding hydrogens is 975 g/mol. The number of nitrogens with zero attached hydrogens (tertiary/aromatic N) is 10. The molecule has 21 nitrogen and oxygen atoms in total. The minimum Gasteiger partial charge on any atom is -0.497 e. The number of pyridine rings is 2. The van der Waals surface area contributed by atoms with Gasteiger partial charge in [0, 0.05) is 127 Å². The van der Waals surface area contributed by atoms with Crippen LogP contribution >= 0.6 is 0 Å². The Hall–Kier alpha value is -9.40. The van der Waals surface area contributed by atoms with E-state index in [9.17, 15) is 41.0 Å². The van der Waals surface area contributed by atoms with Crippen LogP contribution in [0, 0.1) is 0 Å². The van der Waals surface area contributed by atoms with Gasteiger partial charge in [0.25, 0.3) is 5.91 Å². The van der Waals surface area contributed by atoms with Gasteiger partial charge in [-0.05, 0) is 31.3 Å². The number of hydrogen-bond donors (Lipinski definition) is 5. The summed E-state index contributed by atoms with van der Waals surface area (Å²) in [4.78, 5) is 48.7. The fourth-order valence-electron chi connectivity index (χ4n) is 6.39. The predicted molar refractivity (Wildman–Crippen MR) is 251 cm³/mol. The van der Waals surface area contributed by atoms with E-state index < -0.39 is 29.7 Å². The zero-order chi connectivity index (χ0) is 53.0. The number of alkyl halides is 6. The van der Waals surface area contributed by atoms with Gasteiger partial charge in [0.1, 0.15) is 23.0 Å². The molecule has 6 heterocycles. The van der Waals surface area contributed by atoms with Crippen molar-refractivity contribution in [2.75, 3.05) is 53.2 Å². The predicted octanol–water partition coefficient (Wildman–Crippen LogP) is 7.64. The first-order chi connectivity index (χ1) is 34.9. The number of methoxy groups -OCH3 is 4. The van der Waals surface area contributed by atoms with Crippen molar-refractivity contribution >= 4 is 35.1 Å². The molecule has 380 valence electrons. The van der Waals surface area contributed by atoms with Gasteiger partial charge < -0.3 is 45.7 Å². The van der Waals surface area contributed by atoms with Crippen molar-refractivity contribution in [2.45, 2.75) is 12.4 Å². The summed E-state index contributed by atoms with van der Waals surface area (Å²) < 4.78 is 102. The van der Waals surface area contributed by atoms with Gasteiger partial charge in [-0.15, -0.1) is 0 Å². The minimum atomic E-state index is -4.67. The first-order valence-corrected chi connectivity index (χ1v) is 20.8. The number of carbonyl (C=O) groups is 2. The zero-order valence-corrected chi connectivity index (χ0v) is 39.1. The second-order valence-electron chi connectivity index (χ2n) is 14.4. The van der Waals surface area contributed by atoms with Crippen molar-refractivity contribution in [2.24, 2.45) is 5.73 Å². The number of rotatable bonds is 14. The lowest BCUT2D eigenvalue weighted by molar-refractivity contribution is -0.142. The molecule has 0 aliphatic rings. The molecule has 73 heavy (non-hydrogen) atoms. The zero-order valence-electron chi connectivity index (χ0n) is 39.1. The molecule has 1 amide bonds. The number of amides is 1. The maximum Gasteiger partial charge on any atom is 0.435 e. The Labute approximate surface area is 410 Å². The summed E-state index contributed by atoms with van der Waals surface area (Å²) in [5.74, 6) is 0.505. The molecule has 0 radical (unpaired) electrons. The molecule has 6 N–H and O–H groups in total. The highest BCUT2D eigenvalue weighted by Crippen LogP contribution is 2.34. The van der Waals surface area contributed by atoms with Crippen LogP contribution < -0.4 is 40.6 Å². The first kappa shape index (κ1) is 53.0. The molecule has 27 heteroatoms. The fourth-order valence-corrected chi connectivity index (χ4v) is 6.39. The molecule has 0 saturated carbocycles. The van der Waals surface area contributed by atoms with Crippen LogP contribution in [0.25, 0.3) is 33.9 Å². The number of anilines is 4. The van der Waals surface area contributed by atoms with Crippen molar-refractivity contribution in [3.05, 3.63) is 133 Å². The number of benzene rings is 2. The lowest BCUT2D eigenvalue weighted by Crippen LogP contribution is -2.18. The Kier molecular flexibility index (Phi) is 16.7. The molecule has 0 aliphatic carbocycles. The van der Waals surface area contributed by atoms with E-state index in [1.165, 1.54) is 85.7 Å². The van der Waals surface area contributed by atoms with Gasteiger partial charge in [0.2, 0.25) is 11.9 Å². The number of carboxylic acids is 1. The van der Waals surface area contributed by atoms with Gasteiger partial charge in [0.05, 0.1) is 39.6 Å². The van der Waals surface area contributed by atoms with Crippen LogP contribution in [0.4, 0.5) is 49.6 Å². The number of aromatic carboxylic acids is 1. The van der Waals surface area contributed by atoms with Gasteiger partial charge in [-0.2, -0.15) is 46.5 Å². The van der Waals surface area contributed by atoms with Crippen LogP contribution in [0.5, 0.6) is 23.0 Å². The minimum absolute atomic E-state index is 0.0304. The monoisotopic (exact) mass is 1020 g/mol. The SMILES string of the molecule is CN.CNC(=O)c1cncc(-c2cnc(Nc3cc(OC)cc(OC)c3)nc2-n2ccc(C(F)(F)F)n2)c1.COc1cc(Nc2ncc(-c3cncc(C(=O)O)c3)c(-n3ccc(C(F)(F)F)n3)n2)cc(OC)c1. The van der Waals surface area contributed by atoms with Gasteiger partial charge in [0.15, 0.2) is 23.0 Å². The van der Waals surface area contributed by atoms with E-state index in [0.29, 0.717) is 45.5 Å². The van der Waals surface area contributed by atoms with Crippen LogP contribution in [-0.2, 0) is 12.4 Å². The lowest BCUT2D eigenvalue weighted by atomic mass is 10.1. The number of nitrogens with two attached hydrogens (primary N) is 1. The second kappa shape index (κ2) is 23.0. The Balaban J connectivity index is 0.000000230. The molecule has 0 unspecified atom stereocenters. The molecule has 6 aromatic heterocycles. The number of carboxylic acid groups (broad SMARTS) is 1. The quantitative estimate of drug-likeness (QED) is 0.0655. The molecule has 8 aromatic rings. The number of hydrogen-bond acceptors (Lipinski definition) is 17. The van der Waals surface area contributed by atoms with Crippen molar-refractivity contribution in [1.82, 2.24) is 54.8 Å². The maximum absolute atomic E-state index is 13.2. The van der Waals surface area contributed by atoms with Gasteiger partial charge in [-0.25, -0.2) is 24.1 Å². The second-order valence-corrected chi connectivity index (χ2v) is 14.4. The standard InChI is InChI=1S/C23H20F3N7O3.C22H17F3N6O4.CH5N/c1-27-21(34)14-6-13(10-28-11-14)18-12-29-22(30-15-7-16(35-2)9-17(8-15)36-3)31-20(18)33-5-4-19(32-33)23(24,25)26;1-34-15-6-14(7-16(8-15)35-2)28-21-27-11-17(12-5-13(20(32)33)10-26-9-12)19(29-21)31-4-3-18(30-31)22(23,24)25;1-2/h4-12H,1-3H3,(H,27,34)(H,29,30,31);3-11H,1-2H3,(H,32,33)(H,27,28,29);2H2,1H3. The molecule has 0 spiro atoms. The Morgan fingerprint density at radius 3 is 1.30 bits per heavy atom. The third kappa shape index (κ3) is 13.1. The van der Waals surface area contributed by atoms with Crippen LogP contribution in [0.3, 0.4) is 0 Å². The highest BCUT2D eigenvalue weighted by molar-refractivity contribution is 5.95. The summed E-state index contributed by atoms with van der Waals surface area (Å²) in [6, 6.07) is 14.5. The molecule has 8 rings (SSSR count). The van der Waals surface area contributed by atoms with Crippen molar-refractivity contribution in [3.63, 3.8) is 0 Å². The molecule has 2 aromatic carbocycles. The number of aromatic nitrogens is 10. The summed E-state index contributed by atoms with van der Waals surface area (Å²) in [5.41, 5.74) is 4.64. The van der Waals surface area contributed by atoms with E-state index in [1.54, 1.807) is 36.4 Å². The van der Waals surface area contributed by atoms with E-state index >= 15 is 0 Å². The highest BCUT2D eigenvalue weighted by Gasteiger charge is 2.35. The smallest absolute Gasteiger partial charge is 0.435 e. The van der Waals surface area contributed by atoms with Crippen LogP contribution in [-0.4, -0.2) is 109 Å².